The number of aryl methyl sites for hydroxylation is 2. The van der Waals surface area contributed by atoms with Gasteiger partial charge < -0.3 is 37.1 Å². The van der Waals surface area contributed by atoms with E-state index in [1.54, 1.807) is 42.6 Å². The molecule has 0 bridgehead atoms. The van der Waals surface area contributed by atoms with E-state index in [1.165, 1.54) is 0 Å². The molecular formula is C24H28B2Br2N2O4. The molecule has 178 valence electrons. The summed E-state index contributed by atoms with van der Waals surface area (Å²) < 4.78 is 1.97. The number of halogens is 2. The monoisotopic (exact) mass is 588 g/mol. The van der Waals surface area contributed by atoms with Crippen LogP contribution in [-0.4, -0.2) is 39.3 Å². The summed E-state index contributed by atoms with van der Waals surface area (Å²) in [4.78, 5) is 4.21. The largest absolute Gasteiger partial charge is 1.00 e. The summed E-state index contributed by atoms with van der Waals surface area (Å²) in [7, 11) is -2.69. The molecule has 0 saturated carbocycles. The van der Waals surface area contributed by atoms with Gasteiger partial charge in [-0.25, -0.2) is 4.57 Å². The van der Waals surface area contributed by atoms with E-state index < -0.39 is 14.2 Å². The lowest BCUT2D eigenvalue weighted by molar-refractivity contribution is -0.599. The van der Waals surface area contributed by atoms with Crippen LogP contribution in [0.5, 0.6) is 0 Å². The molecule has 0 radical (unpaired) electrons. The maximum Gasteiger partial charge on any atom is 0.488 e. The third-order valence-corrected chi connectivity index (χ3v) is 4.31. The first-order chi connectivity index (χ1) is 15.4. The van der Waals surface area contributed by atoms with Crippen LogP contribution in [0.25, 0.3) is 5.82 Å². The molecular weight excluding hydrogens is 562 g/mol. The summed E-state index contributed by atoms with van der Waals surface area (Å²) in [6.45, 7) is 3.82. The molecule has 0 fully saturated rings. The second kappa shape index (κ2) is 17.2. The molecule has 0 aliphatic heterocycles. The Morgan fingerprint density at radius 3 is 1.50 bits per heavy atom. The van der Waals surface area contributed by atoms with Crippen LogP contribution in [0.4, 0.5) is 0 Å². The molecule has 6 nitrogen and oxygen atoms in total. The normalized spacial score (nSPS) is 9.00. The van der Waals surface area contributed by atoms with Gasteiger partial charge in [0.2, 0.25) is 0 Å². The minimum absolute atomic E-state index is 0. The predicted molar refractivity (Wildman–Crippen MR) is 138 cm³/mol. The topological polar surface area (TPSA) is 97.7 Å². The average molecular weight is 590 g/mol. The molecule has 0 atom stereocenters. The zero-order chi connectivity index (χ0) is 23.3. The Hall–Kier alpha value is -2.33. The Balaban J connectivity index is 0.000000470. The van der Waals surface area contributed by atoms with Gasteiger partial charge >= 0.3 is 20.1 Å². The van der Waals surface area contributed by atoms with Crippen molar-refractivity contribution in [2.24, 2.45) is 0 Å². The van der Waals surface area contributed by atoms with Crippen molar-refractivity contribution in [3.63, 3.8) is 0 Å². The summed E-state index contributed by atoms with van der Waals surface area (Å²) in [5, 5.41) is 34.8. The summed E-state index contributed by atoms with van der Waals surface area (Å²) >= 11 is 0. The van der Waals surface area contributed by atoms with Gasteiger partial charge in [-0.05, 0) is 48.0 Å². The zero-order valence-corrected chi connectivity index (χ0v) is 22.2. The van der Waals surface area contributed by atoms with E-state index in [0.717, 1.165) is 16.9 Å². The lowest BCUT2D eigenvalue weighted by atomic mass is 9.80. The van der Waals surface area contributed by atoms with E-state index >= 15 is 0 Å². The second-order valence-electron chi connectivity index (χ2n) is 7.05. The van der Waals surface area contributed by atoms with E-state index in [4.69, 9.17) is 20.1 Å². The highest BCUT2D eigenvalue weighted by molar-refractivity contribution is 8.93. The SMILES string of the molecule is Br.Cc1cccc(B(O)O)c1.Cc1cccc(B(O)O)c1.[Br-].c1cc[n+](-c2ccccn2)cc1. The van der Waals surface area contributed by atoms with Crippen molar-refractivity contribution < 1.29 is 41.6 Å². The van der Waals surface area contributed by atoms with Crippen molar-refractivity contribution in [2.75, 3.05) is 0 Å². The van der Waals surface area contributed by atoms with Crippen molar-refractivity contribution in [2.45, 2.75) is 13.8 Å². The number of rotatable bonds is 3. The molecule has 4 N–H and O–H groups in total. The molecule has 2 heterocycles. The highest BCUT2D eigenvalue weighted by Crippen LogP contribution is 1.94. The van der Waals surface area contributed by atoms with Crippen molar-refractivity contribution in [3.05, 3.63) is 115 Å². The molecule has 0 spiro atoms. The van der Waals surface area contributed by atoms with Crippen LogP contribution in [0, 0.1) is 13.8 Å². The Morgan fingerprint density at radius 1 is 0.647 bits per heavy atom. The third kappa shape index (κ3) is 11.7. The molecule has 0 amide bonds. The van der Waals surface area contributed by atoms with Crippen LogP contribution in [0.3, 0.4) is 0 Å². The van der Waals surface area contributed by atoms with Gasteiger partial charge in [0.15, 0.2) is 0 Å². The standard InChI is InChI=1S/C10H9N2.2C7H9BO2.2BrH/c1-4-8-12(9-5-1)10-6-2-3-7-11-10;2*1-6-3-2-4-7(5-6)8(9)10;;/h1-9H;2*2-5,9-10H,1H3;2*1H/q+1;;;;/p-1. The molecule has 0 saturated heterocycles. The van der Waals surface area contributed by atoms with Crippen LogP contribution in [0.15, 0.2) is 104 Å². The summed E-state index contributed by atoms with van der Waals surface area (Å²) in [6, 6.07) is 26.1. The van der Waals surface area contributed by atoms with Crippen molar-refractivity contribution in [1.29, 1.82) is 0 Å². The second-order valence-corrected chi connectivity index (χ2v) is 7.05. The van der Waals surface area contributed by atoms with Gasteiger partial charge in [0.1, 0.15) is 6.20 Å². The Bertz CT molecular complexity index is 990. The maximum absolute atomic E-state index is 8.70. The van der Waals surface area contributed by atoms with Gasteiger partial charge in [-0.1, -0.05) is 71.8 Å². The van der Waals surface area contributed by atoms with Crippen molar-refractivity contribution in [3.8, 4) is 5.82 Å². The van der Waals surface area contributed by atoms with E-state index in [2.05, 4.69) is 4.98 Å². The minimum atomic E-state index is -1.35. The van der Waals surface area contributed by atoms with Gasteiger partial charge in [0.25, 0.3) is 0 Å². The van der Waals surface area contributed by atoms with Crippen LogP contribution in [0.1, 0.15) is 11.1 Å². The molecule has 10 heteroatoms. The summed E-state index contributed by atoms with van der Waals surface area (Å²) in [5.41, 5.74) is 3.15. The highest BCUT2D eigenvalue weighted by Gasteiger charge is 2.09. The average Bonchev–Trinajstić information content (AvgIpc) is 2.81. The number of hydrogen-bond donors (Lipinski definition) is 4. The first-order valence-corrected chi connectivity index (χ1v) is 10.1. The molecule has 34 heavy (non-hydrogen) atoms. The van der Waals surface area contributed by atoms with Crippen LogP contribution in [0.2, 0.25) is 0 Å². The quantitative estimate of drug-likeness (QED) is 0.169. The van der Waals surface area contributed by atoms with Crippen molar-refractivity contribution in [1.82, 2.24) is 4.98 Å². The molecule has 2 aromatic heterocycles. The summed E-state index contributed by atoms with van der Waals surface area (Å²) in [6.07, 6.45) is 5.74. The Morgan fingerprint density at radius 2 is 1.15 bits per heavy atom. The Labute approximate surface area is 222 Å². The number of aromatic nitrogens is 2. The fourth-order valence-electron chi connectivity index (χ4n) is 2.72. The molecule has 0 aliphatic carbocycles. The Kier molecular flexibility index (Phi) is 16.0. The van der Waals surface area contributed by atoms with Gasteiger partial charge in [0, 0.05) is 6.07 Å². The fraction of sp³-hybridized carbons (Fsp3) is 0.0833. The van der Waals surface area contributed by atoms with Gasteiger partial charge in [-0.3, -0.25) is 0 Å². The number of hydrogen-bond acceptors (Lipinski definition) is 5. The summed E-state index contributed by atoms with van der Waals surface area (Å²) in [5.74, 6) is 0.943. The van der Waals surface area contributed by atoms with Gasteiger partial charge in [0.05, 0.1) is 12.4 Å². The van der Waals surface area contributed by atoms with E-state index in [9.17, 15) is 0 Å². The van der Waals surface area contributed by atoms with Crippen molar-refractivity contribution >= 4 is 42.1 Å². The predicted octanol–water partition coefficient (Wildman–Crippen LogP) is -1.71. The first kappa shape index (κ1) is 31.7. The maximum atomic E-state index is 8.70. The molecule has 4 aromatic rings. The van der Waals surface area contributed by atoms with E-state index in [-0.39, 0.29) is 34.0 Å². The van der Waals surface area contributed by atoms with Crippen LogP contribution < -0.4 is 32.5 Å². The molecule has 2 aromatic carbocycles. The molecule has 0 unspecified atom stereocenters. The van der Waals surface area contributed by atoms with E-state index in [1.807, 2.05) is 79.3 Å². The first-order valence-electron chi connectivity index (χ1n) is 10.1. The van der Waals surface area contributed by atoms with Crippen LogP contribution >= 0.6 is 17.0 Å². The number of pyridine rings is 2. The van der Waals surface area contributed by atoms with E-state index in [0.29, 0.717) is 10.9 Å². The number of nitrogens with zero attached hydrogens (tertiary/aromatic N) is 2. The zero-order valence-electron chi connectivity index (χ0n) is 18.9. The lowest BCUT2D eigenvalue weighted by Crippen LogP contribution is -3.00. The molecule has 0 aliphatic rings. The smallest absolute Gasteiger partial charge is 0.488 e. The number of benzene rings is 2. The minimum Gasteiger partial charge on any atom is -1.00 e. The fourth-order valence-corrected chi connectivity index (χ4v) is 2.72. The van der Waals surface area contributed by atoms with Gasteiger partial charge in [-0.15, -0.1) is 17.0 Å². The van der Waals surface area contributed by atoms with Gasteiger partial charge in [-0.2, -0.15) is 0 Å². The van der Waals surface area contributed by atoms with Crippen LogP contribution in [-0.2, 0) is 0 Å². The lowest BCUT2D eigenvalue weighted by Gasteiger charge is -1.98. The highest BCUT2D eigenvalue weighted by atomic mass is 79.9. The third-order valence-electron chi connectivity index (χ3n) is 4.31. The molecule has 4 rings (SSSR count).